The van der Waals surface area contributed by atoms with Gasteiger partial charge in [0.25, 0.3) is 0 Å². The van der Waals surface area contributed by atoms with E-state index in [1.807, 2.05) is 47.4 Å². The number of halogens is 1. The Morgan fingerprint density at radius 1 is 1.12 bits per heavy atom. The molecule has 0 N–H and O–H groups in total. The second kappa shape index (κ2) is 6.76. The molecule has 2 aromatic carbocycles. The Morgan fingerprint density at radius 3 is 2.65 bits per heavy atom. The van der Waals surface area contributed by atoms with Crippen LogP contribution in [-0.4, -0.2) is 29.3 Å². The first-order chi connectivity index (χ1) is 12.5. The maximum Gasteiger partial charge on any atom is 0.232 e. The smallest absolute Gasteiger partial charge is 0.232 e. The first-order valence-electron chi connectivity index (χ1n) is 8.96. The minimum Gasteiger partial charge on any atom is -0.337 e. The van der Waals surface area contributed by atoms with Crippen molar-refractivity contribution in [3.8, 4) is 0 Å². The number of likely N-dealkylation sites (tertiary alicyclic amines) is 1. The summed E-state index contributed by atoms with van der Waals surface area (Å²) in [6, 6.07) is 15.7. The monoisotopic (exact) mass is 368 g/mol. The fourth-order valence-electron chi connectivity index (χ4n) is 4.02. The van der Waals surface area contributed by atoms with Crippen molar-refractivity contribution in [3.05, 3.63) is 64.7 Å². The molecule has 5 heteroatoms. The quantitative estimate of drug-likeness (QED) is 0.829. The van der Waals surface area contributed by atoms with Crippen LogP contribution in [0.4, 0.5) is 5.69 Å². The third-order valence-electron chi connectivity index (χ3n) is 5.33. The van der Waals surface area contributed by atoms with Gasteiger partial charge in [-0.05, 0) is 36.6 Å². The molecule has 2 heterocycles. The van der Waals surface area contributed by atoms with Crippen molar-refractivity contribution in [2.24, 2.45) is 5.92 Å². The minimum absolute atomic E-state index is 0.0170. The molecule has 0 bridgehead atoms. The molecule has 2 amide bonds. The molecule has 2 unspecified atom stereocenters. The summed E-state index contributed by atoms with van der Waals surface area (Å²) in [7, 11) is 0. The van der Waals surface area contributed by atoms with Crippen molar-refractivity contribution in [1.29, 1.82) is 0 Å². The number of hydrogen-bond acceptors (Lipinski definition) is 2. The maximum atomic E-state index is 13.2. The molecule has 4 rings (SSSR count). The number of amides is 2. The molecule has 2 aliphatic rings. The number of rotatable bonds is 3. The van der Waals surface area contributed by atoms with Crippen molar-refractivity contribution in [2.75, 3.05) is 11.4 Å². The zero-order chi connectivity index (χ0) is 18.3. The predicted octanol–water partition coefficient (Wildman–Crippen LogP) is 3.67. The van der Waals surface area contributed by atoms with Crippen LogP contribution in [0, 0.1) is 5.92 Å². The topological polar surface area (TPSA) is 40.6 Å². The Kier molecular flexibility index (Phi) is 4.45. The van der Waals surface area contributed by atoms with Crippen LogP contribution in [0.15, 0.2) is 48.5 Å². The fraction of sp³-hybridized carbons (Fsp3) is 0.333. The lowest BCUT2D eigenvalue weighted by molar-refractivity contribution is -0.129. The predicted molar refractivity (Wildman–Crippen MR) is 102 cm³/mol. The van der Waals surface area contributed by atoms with Crippen LogP contribution in [0.3, 0.4) is 0 Å². The zero-order valence-electron chi connectivity index (χ0n) is 14.7. The van der Waals surface area contributed by atoms with Gasteiger partial charge in [-0.2, -0.15) is 0 Å². The number of nitrogens with zero attached hydrogens (tertiary/aromatic N) is 2. The molecule has 2 aliphatic heterocycles. The number of carbonyl (C=O) groups is 2. The van der Waals surface area contributed by atoms with Gasteiger partial charge >= 0.3 is 0 Å². The van der Waals surface area contributed by atoms with E-state index in [1.165, 1.54) is 5.56 Å². The molecule has 1 saturated heterocycles. The Bertz CT molecular complexity index is 867. The highest BCUT2D eigenvalue weighted by atomic mass is 35.5. The molecular weight excluding hydrogens is 348 g/mol. The molecule has 2 atom stereocenters. The summed E-state index contributed by atoms with van der Waals surface area (Å²) in [5.74, 6) is -0.223. The van der Waals surface area contributed by atoms with Gasteiger partial charge in [-0.1, -0.05) is 48.0 Å². The SMILES string of the molecule is CC1Cc2ccccc2N1C(=O)C1CC(=O)N(Cc2ccccc2Cl)C1. The summed E-state index contributed by atoms with van der Waals surface area (Å²) in [5.41, 5.74) is 3.10. The van der Waals surface area contributed by atoms with Gasteiger partial charge in [0.1, 0.15) is 0 Å². The van der Waals surface area contributed by atoms with Crippen molar-refractivity contribution in [1.82, 2.24) is 4.90 Å². The van der Waals surface area contributed by atoms with E-state index in [2.05, 4.69) is 13.0 Å². The van der Waals surface area contributed by atoms with Crippen LogP contribution in [0.25, 0.3) is 0 Å². The molecule has 0 aliphatic carbocycles. The van der Waals surface area contributed by atoms with Crippen LogP contribution >= 0.6 is 11.6 Å². The third kappa shape index (κ3) is 2.99. The Hall–Kier alpha value is -2.33. The Labute approximate surface area is 158 Å². The highest BCUT2D eigenvalue weighted by molar-refractivity contribution is 6.31. The van der Waals surface area contributed by atoms with E-state index in [4.69, 9.17) is 11.6 Å². The number of anilines is 1. The second-order valence-electron chi connectivity index (χ2n) is 7.16. The molecule has 0 aromatic heterocycles. The van der Waals surface area contributed by atoms with Gasteiger partial charge in [-0.25, -0.2) is 0 Å². The average Bonchev–Trinajstić information content (AvgIpc) is 3.16. The third-order valence-corrected chi connectivity index (χ3v) is 5.70. The van der Waals surface area contributed by atoms with Crippen LogP contribution in [0.1, 0.15) is 24.5 Å². The van der Waals surface area contributed by atoms with Gasteiger partial charge in [0.15, 0.2) is 0 Å². The number of para-hydroxylation sites is 1. The average molecular weight is 369 g/mol. The van der Waals surface area contributed by atoms with Crippen LogP contribution in [0.5, 0.6) is 0 Å². The van der Waals surface area contributed by atoms with E-state index < -0.39 is 0 Å². The van der Waals surface area contributed by atoms with Gasteiger partial charge in [-0.3, -0.25) is 9.59 Å². The standard InChI is InChI=1S/C21H21ClN2O2/c1-14-10-15-6-3-5-9-19(15)24(14)21(26)17-11-20(25)23(13-17)12-16-7-2-4-8-18(16)22/h2-9,14,17H,10-13H2,1H3. The van der Waals surface area contributed by atoms with Gasteiger partial charge in [0, 0.05) is 36.3 Å². The van der Waals surface area contributed by atoms with Crippen molar-refractivity contribution >= 4 is 29.1 Å². The van der Waals surface area contributed by atoms with E-state index in [9.17, 15) is 9.59 Å². The molecule has 26 heavy (non-hydrogen) atoms. The van der Waals surface area contributed by atoms with E-state index >= 15 is 0 Å². The molecule has 134 valence electrons. The summed E-state index contributed by atoms with van der Waals surface area (Å²) in [5, 5.41) is 0.650. The minimum atomic E-state index is -0.293. The van der Waals surface area contributed by atoms with E-state index in [0.29, 0.717) is 18.1 Å². The first kappa shape index (κ1) is 17.1. The molecule has 1 fully saturated rings. The van der Waals surface area contributed by atoms with E-state index in [1.54, 1.807) is 4.90 Å². The second-order valence-corrected chi connectivity index (χ2v) is 7.56. The van der Waals surface area contributed by atoms with Gasteiger partial charge in [0.2, 0.25) is 11.8 Å². The van der Waals surface area contributed by atoms with Crippen LogP contribution in [-0.2, 0) is 22.6 Å². The summed E-state index contributed by atoms with van der Waals surface area (Å²) < 4.78 is 0. The lowest BCUT2D eigenvalue weighted by Gasteiger charge is -2.26. The first-order valence-corrected chi connectivity index (χ1v) is 9.34. The van der Waals surface area contributed by atoms with Gasteiger partial charge < -0.3 is 9.80 Å². The molecular formula is C21H21ClN2O2. The largest absolute Gasteiger partial charge is 0.337 e. The molecule has 4 nitrogen and oxygen atoms in total. The van der Waals surface area contributed by atoms with Crippen LogP contribution < -0.4 is 4.90 Å². The Morgan fingerprint density at radius 2 is 1.85 bits per heavy atom. The lowest BCUT2D eigenvalue weighted by atomic mass is 10.1. The highest BCUT2D eigenvalue weighted by Crippen LogP contribution is 2.35. The number of benzene rings is 2. The lowest BCUT2D eigenvalue weighted by Crippen LogP contribution is -2.41. The zero-order valence-corrected chi connectivity index (χ0v) is 15.4. The van der Waals surface area contributed by atoms with E-state index in [0.717, 1.165) is 17.7 Å². The highest BCUT2D eigenvalue weighted by Gasteiger charge is 2.40. The summed E-state index contributed by atoms with van der Waals surface area (Å²) in [4.78, 5) is 29.2. The molecule has 0 saturated carbocycles. The van der Waals surface area contributed by atoms with Crippen molar-refractivity contribution in [3.63, 3.8) is 0 Å². The normalized spacial score (nSPS) is 22.0. The van der Waals surface area contributed by atoms with Crippen molar-refractivity contribution in [2.45, 2.75) is 32.4 Å². The number of carbonyl (C=O) groups excluding carboxylic acids is 2. The summed E-state index contributed by atoms with van der Waals surface area (Å²) in [6.07, 6.45) is 1.14. The van der Waals surface area contributed by atoms with Gasteiger partial charge in [0.05, 0.1) is 5.92 Å². The van der Waals surface area contributed by atoms with Crippen LogP contribution in [0.2, 0.25) is 5.02 Å². The molecule has 0 radical (unpaired) electrons. The summed E-state index contributed by atoms with van der Waals surface area (Å²) >= 11 is 6.22. The van der Waals surface area contributed by atoms with Gasteiger partial charge in [-0.15, -0.1) is 0 Å². The molecule has 0 spiro atoms. The van der Waals surface area contributed by atoms with Crippen molar-refractivity contribution < 1.29 is 9.59 Å². The Balaban J connectivity index is 1.50. The molecule has 2 aromatic rings. The fourth-order valence-corrected chi connectivity index (χ4v) is 4.22. The summed E-state index contributed by atoms with van der Waals surface area (Å²) in [6.45, 7) is 2.97. The number of hydrogen-bond donors (Lipinski definition) is 0. The van der Waals surface area contributed by atoms with E-state index in [-0.39, 0.29) is 30.2 Å². The maximum absolute atomic E-state index is 13.2. The number of fused-ring (bicyclic) bond motifs is 1.